The van der Waals surface area contributed by atoms with Gasteiger partial charge in [-0.3, -0.25) is 28.7 Å². The van der Waals surface area contributed by atoms with E-state index in [2.05, 4.69) is 0 Å². The van der Waals surface area contributed by atoms with Crippen LogP contribution in [-0.4, -0.2) is 57.5 Å². The molecule has 1 aromatic heterocycles. The minimum Gasteiger partial charge on any atom is -0.463 e. The van der Waals surface area contributed by atoms with Crippen molar-refractivity contribution < 1.29 is 42.8 Å². The third-order valence-electron chi connectivity index (χ3n) is 3.93. The lowest BCUT2D eigenvalue weighted by Gasteiger charge is -2.25. The molecular weight excluding hydrogens is 399 g/mol. The molecule has 0 bridgehead atoms. The van der Waals surface area contributed by atoms with Gasteiger partial charge in [-0.05, 0) is 0 Å². The monoisotopic (exact) mass is 418 g/mol. The molecule has 1 saturated heterocycles. The van der Waals surface area contributed by atoms with Gasteiger partial charge in [0.25, 0.3) is 5.56 Å². The fourth-order valence-corrected chi connectivity index (χ4v) is 2.89. The molecule has 1 aliphatic heterocycles. The normalized spacial score (nSPS) is 23.5. The van der Waals surface area contributed by atoms with Crippen LogP contribution in [0.5, 0.6) is 0 Å². The van der Waals surface area contributed by atoms with Crippen molar-refractivity contribution in [1.82, 2.24) is 9.55 Å². The van der Waals surface area contributed by atoms with Gasteiger partial charge in [-0.1, -0.05) is 0 Å². The Morgan fingerprint density at radius 1 is 1.10 bits per heavy atom. The molecule has 0 aromatic carbocycles. The second-order valence-electron chi connectivity index (χ2n) is 6.06. The molecule has 29 heavy (non-hydrogen) atoms. The first-order valence-corrected chi connectivity index (χ1v) is 8.34. The molecule has 2 heterocycles. The SMILES string of the molecule is CC(=O)OC[C@H]1O[C@@H](n2c(CO)c(F)c(=O)[nH]c2=O)[C@H](OC(C)=O)[C@@H]1OC(C)=O. The van der Waals surface area contributed by atoms with E-state index in [1.807, 2.05) is 0 Å². The Labute approximate surface area is 162 Å². The van der Waals surface area contributed by atoms with Crippen LogP contribution in [0.1, 0.15) is 32.7 Å². The maximum atomic E-state index is 14.2. The lowest BCUT2D eigenvalue weighted by Crippen LogP contribution is -2.44. The smallest absolute Gasteiger partial charge is 0.331 e. The number of H-pyrrole nitrogens is 1. The number of nitrogens with one attached hydrogen (secondary N) is 1. The van der Waals surface area contributed by atoms with Gasteiger partial charge in [0.15, 0.2) is 18.4 Å². The van der Waals surface area contributed by atoms with Crippen LogP contribution in [0.2, 0.25) is 0 Å². The second kappa shape index (κ2) is 8.96. The van der Waals surface area contributed by atoms with Crippen LogP contribution in [0.4, 0.5) is 4.39 Å². The molecular formula is C16H19FN2O10. The number of hydrogen-bond acceptors (Lipinski definition) is 10. The number of ether oxygens (including phenoxy) is 4. The Morgan fingerprint density at radius 3 is 2.21 bits per heavy atom. The highest BCUT2D eigenvalue weighted by molar-refractivity contribution is 5.68. The lowest BCUT2D eigenvalue weighted by atomic mass is 10.1. The van der Waals surface area contributed by atoms with Gasteiger partial charge in [-0.2, -0.15) is 4.39 Å². The van der Waals surface area contributed by atoms with Crippen LogP contribution in [0, 0.1) is 5.82 Å². The summed E-state index contributed by atoms with van der Waals surface area (Å²) < 4.78 is 35.3. The Morgan fingerprint density at radius 2 is 1.69 bits per heavy atom. The standard InChI is InChI=1S/C16H19FN2O10/c1-6(21)26-5-10-12(27-7(2)22)13(28-8(3)23)15(29-10)19-9(4-20)11(17)14(24)18-16(19)25/h10,12-13,15,20H,4-5H2,1-3H3,(H,18,24,25)/t10-,12-,13-,15-/m1/s1. The minimum absolute atomic E-state index is 0.448. The molecule has 0 radical (unpaired) electrons. The van der Waals surface area contributed by atoms with Crippen molar-refractivity contribution >= 4 is 17.9 Å². The van der Waals surface area contributed by atoms with Crippen molar-refractivity contribution in [3.05, 3.63) is 32.3 Å². The molecule has 1 fully saturated rings. The van der Waals surface area contributed by atoms with Crippen molar-refractivity contribution in [1.29, 1.82) is 0 Å². The quantitative estimate of drug-likeness (QED) is 0.410. The molecule has 4 atom stereocenters. The summed E-state index contributed by atoms with van der Waals surface area (Å²) in [6, 6.07) is 0. The number of rotatable bonds is 6. The fourth-order valence-electron chi connectivity index (χ4n) is 2.89. The van der Waals surface area contributed by atoms with Crippen LogP contribution in [0.3, 0.4) is 0 Å². The number of carbonyl (C=O) groups is 3. The molecule has 0 amide bonds. The topological polar surface area (TPSA) is 163 Å². The summed E-state index contributed by atoms with van der Waals surface area (Å²) in [6.07, 6.45) is -5.63. The van der Waals surface area contributed by atoms with Gasteiger partial charge in [-0.15, -0.1) is 0 Å². The highest BCUT2D eigenvalue weighted by atomic mass is 19.1. The van der Waals surface area contributed by atoms with Crippen LogP contribution in [0.25, 0.3) is 0 Å². The largest absolute Gasteiger partial charge is 0.463 e. The highest BCUT2D eigenvalue weighted by Crippen LogP contribution is 2.34. The van der Waals surface area contributed by atoms with E-state index in [-0.39, 0.29) is 0 Å². The van der Waals surface area contributed by atoms with Crippen molar-refractivity contribution in [2.45, 2.75) is 51.9 Å². The Balaban J connectivity index is 2.59. The first-order chi connectivity index (χ1) is 13.6. The van der Waals surface area contributed by atoms with Gasteiger partial charge in [0.2, 0.25) is 5.82 Å². The number of aromatic nitrogens is 2. The number of carbonyl (C=O) groups excluding carboxylic acids is 3. The lowest BCUT2D eigenvalue weighted by molar-refractivity contribution is -0.166. The first kappa shape index (κ1) is 22.2. The van der Waals surface area contributed by atoms with Gasteiger partial charge < -0.3 is 24.1 Å². The summed E-state index contributed by atoms with van der Waals surface area (Å²) >= 11 is 0. The van der Waals surface area contributed by atoms with Crippen molar-refractivity contribution in [2.75, 3.05) is 6.61 Å². The van der Waals surface area contributed by atoms with Crippen LogP contribution in [0.15, 0.2) is 9.59 Å². The van der Waals surface area contributed by atoms with Crippen molar-refractivity contribution in [3.63, 3.8) is 0 Å². The highest BCUT2D eigenvalue weighted by Gasteiger charge is 2.51. The number of esters is 3. The van der Waals surface area contributed by atoms with Crippen LogP contribution < -0.4 is 11.2 Å². The zero-order chi connectivity index (χ0) is 21.9. The second-order valence-corrected chi connectivity index (χ2v) is 6.06. The molecule has 0 saturated carbocycles. The molecule has 12 nitrogen and oxygen atoms in total. The Kier molecular flexibility index (Phi) is 6.87. The molecule has 2 rings (SSSR count). The fraction of sp³-hybridized carbons (Fsp3) is 0.562. The summed E-state index contributed by atoms with van der Waals surface area (Å²) in [5.74, 6) is -3.79. The molecule has 0 aliphatic carbocycles. The summed E-state index contributed by atoms with van der Waals surface area (Å²) in [6.45, 7) is 1.69. The predicted octanol–water partition coefficient (Wildman–Crippen LogP) is -1.51. The zero-order valence-electron chi connectivity index (χ0n) is 15.7. The molecule has 2 N–H and O–H groups in total. The number of hydrogen-bond donors (Lipinski definition) is 2. The number of aromatic amines is 1. The van der Waals surface area contributed by atoms with Crippen LogP contribution >= 0.6 is 0 Å². The molecule has 0 spiro atoms. The van der Waals surface area contributed by atoms with Gasteiger partial charge in [0.05, 0.1) is 12.3 Å². The van der Waals surface area contributed by atoms with Crippen molar-refractivity contribution in [2.24, 2.45) is 0 Å². The van der Waals surface area contributed by atoms with E-state index >= 15 is 0 Å². The third-order valence-corrected chi connectivity index (χ3v) is 3.93. The molecule has 1 aliphatic rings. The Hall–Kier alpha value is -3.06. The average Bonchev–Trinajstić information content (AvgIpc) is 2.92. The van der Waals surface area contributed by atoms with E-state index in [4.69, 9.17) is 18.9 Å². The average molecular weight is 418 g/mol. The minimum atomic E-state index is -1.61. The predicted molar refractivity (Wildman–Crippen MR) is 88.9 cm³/mol. The van der Waals surface area contributed by atoms with E-state index in [0.717, 1.165) is 20.8 Å². The van der Waals surface area contributed by atoms with E-state index in [0.29, 0.717) is 4.57 Å². The molecule has 160 valence electrons. The van der Waals surface area contributed by atoms with Crippen molar-refractivity contribution in [3.8, 4) is 0 Å². The number of halogens is 1. The molecule has 13 heteroatoms. The number of aliphatic hydroxyl groups is 1. The summed E-state index contributed by atoms with van der Waals surface area (Å²) in [5.41, 5.74) is -3.28. The van der Waals surface area contributed by atoms with E-state index in [1.165, 1.54) is 0 Å². The molecule has 1 aromatic rings. The summed E-state index contributed by atoms with van der Waals surface area (Å²) in [4.78, 5) is 59.7. The summed E-state index contributed by atoms with van der Waals surface area (Å²) in [7, 11) is 0. The van der Waals surface area contributed by atoms with Gasteiger partial charge in [0, 0.05) is 20.8 Å². The maximum Gasteiger partial charge on any atom is 0.331 e. The van der Waals surface area contributed by atoms with Gasteiger partial charge in [-0.25, -0.2) is 4.79 Å². The van der Waals surface area contributed by atoms with E-state index in [9.17, 15) is 33.5 Å². The zero-order valence-corrected chi connectivity index (χ0v) is 15.7. The van der Waals surface area contributed by atoms with E-state index in [1.54, 1.807) is 4.98 Å². The van der Waals surface area contributed by atoms with Gasteiger partial charge in [0.1, 0.15) is 12.7 Å². The third kappa shape index (κ3) is 4.86. The maximum absolute atomic E-state index is 14.2. The summed E-state index contributed by atoms with van der Waals surface area (Å²) in [5, 5.41) is 9.46. The van der Waals surface area contributed by atoms with Crippen LogP contribution in [-0.2, 0) is 39.9 Å². The number of nitrogens with zero attached hydrogens (tertiary/aromatic N) is 1. The number of aliphatic hydroxyl groups excluding tert-OH is 1. The molecule has 0 unspecified atom stereocenters. The Bertz CT molecular complexity index is 923. The first-order valence-electron chi connectivity index (χ1n) is 8.34. The van der Waals surface area contributed by atoms with Gasteiger partial charge >= 0.3 is 23.6 Å². The van der Waals surface area contributed by atoms with E-state index < -0.39 is 78.4 Å².